The number of ether oxygens (including phenoxy) is 1. The number of imidazole rings is 1. The van der Waals surface area contributed by atoms with E-state index in [9.17, 15) is 9.18 Å². The second kappa shape index (κ2) is 4.56. The summed E-state index contributed by atoms with van der Waals surface area (Å²) in [5.74, 6) is 0.253. The highest BCUT2D eigenvalue weighted by Crippen LogP contribution is 2.35. The van der Waals surface area contributed by atoms with Crippen LogP contribution >= 0.6 is 0 Å². The molecule has 0 aliphatic carbocycles. The first-order chi connectivity index (χ1) is 10.6. The number of amides is 1. The van der Waals surface area contributed by atoms with E-state index in [2.05, 4.69) is 4.98 Å². The fourth-order valence-corrected chi connectivity index (χ4v) is 2.54. The van der Waals surface area contributed by atoms with Crippen molar-refractivity contribution in [3.63, 3.8) is 0 Å². The van der Waals surface area contributed by atoms with E-state index in [-0.39, 0.29) is 18.3 Å². The molecule has 5 nitrogen and oxygen atoms in total. The zero-order chi connectivity index (χ0) is 15.3. The van der Waals surface area contributed by atoms with E-state index in [4.69, 9.17) is 4.74 Å². The summed E-state index contributed by atoms with van der Waals surface area (Å²) in [7, 11) is 1.71. The number of carbonyl (C=O) groups is 1. The molecule has 22 heavy (non-hydrogen) atoms. The summed E-state index contributed by atoms with van der Waals surface area (Å²) in [5.41, 5.74) is 2.92. The van der Waals surface area contributed by atoms with Gasteiger partial charge in [-0.1, -0.05) is 0 Å². The van der Waals surface area contributed by atoms with Crippen LogP contribution in [0, 0.1) is 5.82 Å². The smallest absolute Gasteiger partial charge is 0.264 e. The molecule has 0 unspecified atom stereocenters. The minimum absolute atomic E-state index is 0.0521. The van der Waals surface area contributed by atoms with Gasteiger partial charge in [-0.05, 0) is 30.3 Å². The van der Waals surface area contributed by atoms with E-state index in [0.717, 1.165) is 5.56 Å². The number of rotatable bonds is 1. The Bertz CT molecular complexity index is 904. The van der Waals surface area contributed by atoms with Gasteiger partial charge in [0.1, 0.15) is 17.2 Å². The van der Waals surface area contributed by atoms with Crippen molar-refractivity contribution in [1.29, 1.82) is 0 Å². The van der Waals surface area contributed by atoms with Gasteiger partial charge in [-0.25, -0.2) is 9.37 Å². The Morgan fingerprint density at radius 3 is 2.95 bits per heavy atom. The molecular formula is C16H12FN3O2. The van der Waals surface area contributed by atoms with Gasteiger partial charge in [0, 0.05) is 25.0 Å². The molecule has 4 rings (SSSR count). The maximum atomic E-state index is 13.3. The molecule has 0 saturated carbocycles. The Balaban J connectivity index is 1.83. The summed E-state index contributed by atoms with van der Waals surface area (Å²) >= 11 is 0. The number of aromatic nitrogens is 2. The molecule has 0 saturated heterocycles. The third kappa shape index (κ3) is 1.92. The molecule has 1 aromatic carbocycles. The van der Waals surface area contributed by atoms with E-state index in [1.54, 1.807) is 28.6 Å². The number of fused-ring (bicyclic) bond motifs is 2. The van der Waals surface area contributed by atoms with Crippen LogP contribution in [0.5, 0.6) is 5.75 Å². The van der Waals surface area contributed by atoms with Gasteiger partial charge in [-0.2, -0.15) is 0 Å². The number of nitrogens with zero attached hydrogens (tertiary/aromatic N) is 3. The summed E-state index contributed by atoms with van der Waals surface area (Å²) in [6.45, 7) is 0.0521. The highest BCUT2D eigenvalue weighted by molar-refractivity contribution is 5.98. The molecule has 0 atom stereocenters. The van der Waals surface area contributed by atoms with E-state index >= 15 is 0 Å². The van der Waals surface area contributed by atoms with Crippen molar-refractivity contribution < 1.29 is 13.9 Å². The maximum absolute atomic E-state index is 13.3. The van der Waals surface area contributed by atoms with Gasteiger partial charge in [0.05, 0.1) is 11.4 Å². The van der Waals surface area contributed by atoms with Crippen molar-refractivity contribution in [2.45, 2.75) is 0 Å². The number of halogens is 1. The Morgan fingerprint density at radius 1 is 1.23 bits per heavy atom. The van der Waals surface area contributed by atoms with Gasteiger partial charge in [-0.15, -0.1) is 0 Å². The molecule has 6 heteroatoms. The van der Waals surface area contributed by atoms with E-state index in [1.807, 2.05) is 18.2 Å². The monoisotopic (exact) mass is 297 g/mol. The molecule has 3 aromatic rings. The van der Waals surface area contributed by atoms with E-state index in [1.165, 1.54) is 12.3 Å². The number of carbonyl (C=O) groups excluding carboxylic acids is 1. The van der Waals surface area contributed by atoms with Crippen LogP contribution in [0.25, 0.3) is 16.9 Å². The number of hydrogen-bond donors (Lipinski definition) is 0. The number of pyridine rings is 1. The maximum Gasteiger partial charge on any atom is 0.264 e. The quantitative estimate of drug-likeness (QED) is 0.693. The van der Waals surface area contributed by atoms with Crippen LogP contribution in [-0.4, -0.2) is 28.9 Å². The Labute approximate surface area is 125 Å². The lowest BCUT2D eigenvalue weighted by Crippen LogP contribution is -2.35. The Kier molecular flexibility index (Phi) is 2.66. The molecule has 0 N–H and O–H groups in total. The fourth-order valence-electron chi connectivity index (χ4n) is 2.54. The minimum atomic E-state index is -0.319. The van der Waals surface area contributed by atoms with E-state index in [0.29, 0.717) is 22.8 Å². The van der Waals surface area contributed by atoms with Crippen LogP contribution in [0.3, 0.4) is 0 Å². The lowest BCUT2D eigenvalue weighted by Gasteiger charge is -2.26. The standard InChI is InChI=1S/C16H12FN3O2/c1-19-13-6-10(2-4-14(13)22-9-16(19)21)12-8-20-7-11(17)3-5-15(20)18-12/h2-8H,9H2,1H3. The average molecular weight is 297 g/mol. The van der Waals surface area contributed by atoms with Crippen molar-refractivity contribution in [3.8, 4) is 17.0 Å². The van der Waals surface area contributed by atoms with Crippen LogP contribution in [0.15, 0.2) is 42.7 Å². The van der Waals surface area contributed by atoms with Crippen molar-refractivity contribution in [1.82, 2.24) is 9.38 Å². The SMILES string of the molecule is CN1C(=O)COc2ccc(-c3cn4cc(F)ccc4n3)cc21. The number of benzene rings is 1. The lowest BCUT2D eigenvalue weighted by molar-refractivity contribution is -0.120. The van der Waals surface area contributed by atoms with Gasteiger partial charge >= 0.3 is 0 Å². The molecule has 3 heterocycles. The highest BCUT2D eigenvalue weighted by Gasteiger charge is 2.22. The topological polar surface area (TPSA) is 46.8 Å². The van der Waals surface area contributed by atoms with Crippen LogP contribution in [-0.2, 0) is 4.79 Å². The molecule has 2 aromatic heterocycles. The molecule has 110 valence electrons. The summed E-state index contributed by atoms with van der Waals surface area (Å²) in [6.07, 6.45) is 3.13. The fraction of sp³-hybridized carbons (Fsp3) is 0.125. The summed E-state index contributed by atoms with van der Waals surface area (Å²) < 4.78 is 20.3. The predicted molar refractivity (Wildman–Crippen MR) is 79.5 cm³/mol. The predicted octanol–water partition coefficient (Wildman–Crippen LogP) is 2.50. The van der Waals surface area contributed by atoms with E-state index < -0.39 is 0 Å². The van der Waals surface area contributed by atoms with Crippen molar-refractivity contribution in [2.24, 2.45) is 0 Å². The third-order valence-corrected chi connectivity index (χ3v) is 3.76. The highest BCUT2D eigenvalue weighted by atomic mass is 19.1. The zero-order valence-corrected chi connectivity index (χ0v) is 11.8. The molecular weight excluding hydrogens is 285 g/mol. The van der Waals surface area contributed by atoms with Crippen molar-refractivity contribution in [3.05, 3.63) is 48.5 Å². The molecule has 0 radical (unpaired) electrons. The number of likely N-dealkylation sites (N-methyl/N-ethyl adjacent to an activating group) is 1. The molecule has 1 amide bonds. The van der Waals surface area contributed by atoms with Crippen LogP contribution in [0.2, 0.25) is 0 Å². The zero-order valence-electron chi connectivity index (χ0n) is 11.8. The summed E-state index contributed by atoms with van der Waals surface area (Å²) in [5, 5.41) is 0. The molecule has 0 fully saturated rings. The molecule has 1 aliphatic heterocycles. The van der Waals surface area contributed by atoms with Gasteiger partial charge in [0.15, 0.2) is 6.61 Å². The first kappa shape index (κ1) is 12.8. The largest absolute Gasteiger partial charge is 0.482 e. The number of hydrogen-bond acceptors (Lipinski definition) is 3. The molecule has 0 bridgehead atoms. The Hall–Kier alpha value is -2.89. The third-order valence-electron chi connectivity index (χ3n) is 3.76. The first-order valence-electron chi connectivity index (χ1n) is 6.80. The second-order valence-electron chi connectivity index (χ2n) is 5.16. The number of anilines is 1. The van der Waals surface area contributed by atoms with Crippen molar-refractivity contribution in [2.75, 3.05) is 18.6 Å². The normalized spacial score (nSPS) is 14.1. The summed E-state index contributed by atoms with van der Waals surface area (Å²) in [4.78, 5) is 17.8. The van der Waals surface area contributed by atoms with Crippen LogP contribution in [0.1, 0.15) is 0 Å². The molecule has 1 aliphatic rings. The summed E-state index contributed by atoms with van der Waals surface area (Å²) in [6, 6.07) is 8.54. The van der Waals surface area contributed by atoms with Crippen molar-refractivity contribution >= 4 is 17.2 Å². The van der Waals surface area contributed by atoms with Gasteiger partial charge in [0.2, 0.25) is 0 Å². The van der Waals surface area contributed by atoms with Gasteiger partial charge in [-0.3, -0.25) is 4.79 Å². The van der Waals surface area contributed by atoms with Gasteiger partial charge < -0.3 is 14.0 Å². The average Bonchev–Trinajstić information content (AvgIpc) is 2.94. The second-order valence-corrected chi connectivity index (χ2v) is 5.16. The van der Waals surface area contributed by atoms with Crippen LogP contribution < -0.4 is 9.64 Å². The lowest BCUT2D eigenvalue weighted by atomic mass is 10.1. The Morgan fingerprint density at radius 2 is 2.09 bits per heavy atom. The van der Waals surface area contributed by atoms with Crippen LogP contribution in [0.4, 0.5) is 10.1 Å². The first-order valence-corrected chi connectivity index (χ1v) is 6.80. The van der Waals surface area contributed by atoms with Gasteiger partial charge in [0.25, 0.3) is 5.91 Å². The molecule has 0 spiro atoms. The minimum Gasteiger partial charge on any atom is -0.482 e.